The van der Waals surface area contributed by atoms with E-state index in [1.165, 1.54) is 0 Å². The molecule has 0 bridgehead atoms. The average molecular weight is 210 g/mol. The van der Waals surface area contributed by atoms with Crippen LogP contribution in [0, 0.1) is 12.8 Å². The second-order valence-corrected chi connectivity index (χ2v) is 3.76. The Labute approximate surface area is 89.4 Å². The molecule has 0 spiro atoms. The molecule has 0 aliphatic carbocycles. The maximum atomic E-state index is 11.6. The Morgan fingerprint density at radius 2 is 2.47 bits per heavy atom. The molecule has 1 rings (SSSR count). The van der Waals surface area contributed by atoms with Crippen LogP contribution in [-0.2, 0) is 4.79 Å². The van der Waals surface area contributed by atoms with Crippen LogP contribution in [0.15, 0.2) is 6.07 Å². The Balaban J connectivity index is 2.41. The lowest BCUT2D eigenvalue weighted by Crippen LogP contribution is -2.21. The standard InChI is InChI=1S/C10H18N4O/c1-7(4-3-5-11)10(15)12-9-6-8(2)13-14-9/h6-7H,3-5,11H2,1-2H3,(H2,12,13,14,15). The van der Waals surface area contributed by atoms with Crippen molar-refractivity contribution in [1.29, 1.82) is 0 Å². The van der Waals surface area contributed by atoms with Gasteiger partial charge < -0.3 is 11.1 Å². The van der Waals surface area contributed by atoms with Crippen molar-refractivity contribution in [3.05, 3.63) is 11.8 Å². The van der Waals surface area contributed by atoms with E-state index >= 15 is 0 Å². The third-order valence-corrected chi connectivity index (χ3v) is 2.25. The number of nitrogens with zero attached hydrogens (tertiary/aromatic N) is 1. The van der Waals surface area contributed by atoms with Crippen molar-refractivity contribution in [3.63, 3.8) is 0 Å². The van der Waals surface area contributed by atoms with Crippen molar-refractivity contribution in [2.45, 2.75) is 26.7 Å². The number of nitrogens with two attached hydrogens (primary N) is 1. The number of nitrogens with one attached hydrogen (secondary N) is 2. The second kappa shape index (κ2) is 5.50. The summed E-state index contributed by atoms with van der Waals surface area (Å²) in [6, 6.07) is 1.80. The molecular formula is C10H18N4O. The number of H-pyrrole nitrogens is 1. The molecular weight excluding hydrogens is 192 g/mol. The van der Waals surface area contributed by atoms with E-state index in [-0.39, 0.29) is 11.8 Å². The van der Waals surface area contributed by atoms with Gasteiger partial charge in [0.2, 0.25) is 5.91 Å². The summed E-state index contributed by atoms with van der Waals surface area (Å²) in [7, 11) is 0. The third kappa shape index (κ3) is 3.71. The Hall–Kier alpha value is -1.36. The molecule has 4 N–H and O–H groups in total. The van der Waals surface area contributed by atoms with Gasteiger partial charge in [0, 0.05) is 17.7 Å². The number of aryl methyl sites for hydroxylation is 1. The van der Waals surface area contributed by atoms with Crippen molar-refractivity contribution in [3.8, 4) is 0 Å². The maximum Gasteiger partial charge on any atom is 0.228 e. The zero-order valence-electron chi connectivity index (χ0n) is 9.21. The first kappa shape index (κ1) is 11.7. The minimum Gasteiger partial charge on any atom is -0.330 e. The summed E-state index contributed by atoms with van der Waals surface area (Å²) < 4.78 is 0. The number of aromatic amines is 1. The molecule has 5 heteroatoms. The summed E-state index contributed by atoms with van der Waals surface area (Å²) in [5.41, 5.74) is 6.31. The minimum atomic E-state index is -0.0226. The number of hydrogen-bond donors (Lipinski definition) is 3. The topological polar surface area (TPSA) is 83.8 Å². The van der Waals surface area contributed by atoms with Crippen molar-refractivity contribution in [2.75, 3.05) is 11.9 Å². The van der Waals surface area contributed by atoms with Gasteiger partial charge >= 0.3 is 0 Å². The van der Waals surface area contributed by atoms with Gasteiger partial charge in [-0.15, -0.1) is 0 Å². The first-order chi connectivity index (χ1) is 7.13. The molecule has 5 nitrogen and oxygen atoms in total. The van der Waals surface area contributed by atoms with Gasteiger partial charge in [0.1, 0.15) is 0 Å². The van der Waals surface area contributed by atoms with Crippen LogP contribution in [0.1, 0.15) is 25.5 Å². The lowest BCUT2D eigenvalue weighted by molar-refractivity contribution is -0.119. The highest BCUT2D eigenvalue weighted by molar-refractivity contribution is 5.91. The fourth-order valence-electron chi connectivity index (χ4n) is 1.29. The summed E-state index contributed by atoms with van der Waals surface area (Å²) in [5, 5.41) is 9.46. The quantitative estimate of drug-likeness (QED) is 0.678. The molecule has 1 aromatic heterocycles. The van der Waals surface area contributed by atoms with Gasteiger partial charge in [-0.05, 0) is 26.3 Å². The summed E-state index contributed by atoms with van der Waals surface area (Å²) in [6.45, 7) is 4.41. The molecule has 1 atom stereocenters. The van der Waals surface area contributed by atoms with E-state index in [2.05, 4.69) is 15.5 Å². The van der Waals surface area contributed by atoms with E-state index in [0.717, 1.165) is 18.5 Å². The average Bonchev–Trinajstić information content (AvgIpc) is 2.60. The molecule has 0 fully saturated rings. The van der Waals surface area contributed by atoms with Crippen LogP contribution < -0.4 is 11.1 Å². The van der Waals surface area contributed by atoms with Crippen LogP contribution >= 0.6 is 0 Å². The molecule has 1 aromatic rings. The first-order valence-corrected chi connectivity index (χ1v) is 5.16. The summed E-state index contributed by atoms with van der Waals surface area (Å²) in [6.07, 6.45) is 1.68. The molecule has 0 radical (unpaired) electrons. The first-order valence-electron chi connectivity index (χ1n) is 5.16. The Morgan fingerprint density at radius 1 is 1.73 bits per heavy atom. The second-order valence-electron chi connectivity index (χ2n) is 3.76. The molecule has 0 aromatic carbocycles. The van der Waals surface area contributed by atoms with Gasteiger partial charge in [0.15, 0.2) is 5.82 Å². The number of carbonyl (C=O) groups is 1. The lowest BCUT2D eigenvalue weighted by Gasteiger charge is -2.09. The third-order valence-electron chi connectivity index (χ3n) is 2.25. The summed E-state index contributed by atoms with van der Waals surface area (Å²) >= 11 is 0. The van der Waals surface area contributed by atoms with E-state index in [9.17, 15) is 4.79 Å². The number of amides is 1. The highest BCUT2D eigenvalue weighted by Crippen LogP contribution is 2.10. The van der Waals surface area contributed by atoms with Crippen LogP contribution in [0.2, 0.25) is 0 Å². The highest BCUT2D eigenvalue weighted by atomic mass is 16.1. The Kier molecular flexibility index (Phi) is 4.30. The van der Waals surface area contributed by atoms with Gasteiger partial charge in [-0.1, -0.05) is 6.92 Å². The van der Waals surface area contributed by atoms with Crippen molar-refractivity contribution in [2.24, 2.45) is 11.7 Å². The smallest absolute Gasteiger partial charge is 0.228 e. The largest absolute Gasteiger partial charge is 0.330 e. The minimum absolute atomic E-state index is 0.00468. The monoisotopic (exact) mass is 210 g/mol. The lowest BCUT2D eigenvalue weighted by atomic mass is 10.1. The van der Waals surface area contributed by atoms with Gasteiger partial charge in [0.05, 0.1) is 0 Å². The number of carbonyl (C=O) groups excluding carboxylic acids is 1. The number of aromatic nitrogens is 2. The van der Waals surface area contributed by atoms with Gasteiger partial charge in [-0.2, -0.15) is 5.10 Å². The molecule has 0 saturated heterocycles. The van der Waals surface area contributed by atoms with Crippen LogP contribution in [-0.4, -0.2) is 22.6 Å². The molecule has 1 unspecified atom stereocenters. The Morgan fingerprint density at radius 3 is 3.00 bits per heavy atom. The normalized spacial score (nSPS) is 12.5. The molecule has 84 valence electrons. The predicted octanol–water partition coefficient (Wildman–Crippen LogP) is 1.03. The SMILES string of the molecule is Cc1cc(NC(=O)C(C)CCCN)n[nH]1. The van der Waals surface area contributed by atoms with Crippen molar-refractivity contribution < 1.29 is 4.79 Å². The number of rotatable bonds is 5. The fraction of sp³-hybridized carbons (Fsp3) is 0.600. The molecule has 0 aliphatic heterocycles. The Bertz CT molecular complexity index is 321. The fourth-order valence-corrected chi connectivity index (χ4v) is 1.29. The van der Waals surface area contributed by atoms with E-state index in [4.69, 9.17) is 5.73 Å². The van der Waals surface area contributed by atoms with Crippen molar-refractivity contribution >= 4 is 11.7 Å². The summed E-state index contributed by atoms with van der Waals surface area (Å²) in [5.74, 6) is 0.553. The molecule has 0 aliphatic rings. The van der Waals surface area contributed by atoms with E-state index in [1.807, 2.05) is 13.8 Å². The predicted molar refractivity (Wildman–Crippen MR) is 59.4 cm³/mol. The highest BCUT2D eigenvalue weighted by Gasteiger charge is 2.13. The van der Waals surface area contributed by atoms with Crippen LogP contribution in [0.3, 0.4) is 0 Å². The van der Waals surface area contributed by atoms with Crippen molar-refractivity contribution in [1.82, 2.24) is 10.2 Å². The number of hydrogen-bond acceptors (Lipinski definition) is 3. The van der Waals surface area contributed by atoms with E-state index < -0.39 is 0 Å². The van der Waals surface area contributed by atoms with E-state index in [1.54, 1.807) is 6.07 Å². The molecule has 1 heterocycles. The van der Waals surface area contributed by atoms with Crippen LogP contribution in [0.4, 0.5) is 5.82 Å². The van der Waals surface area contributed by atoms with E-state index in [0.29, 0.717) is 12.4 Å². The van der Waals surface area contributed by atoms with Gasteiger partial charge in [-0.3, -0.25) is 9.89 Å². The zero-order valence-corrected chi connectivity index (χ0v) is 9.21. The van der Waals surface area contributed by atoms with Gasteiger partial charge in [-0.25, -0.2) is 0 Å². The molecule has 15 heavy (non-hydrogen) atoms. The van der Waals surface area contributed by atoms with Gasteiger partial charge in [0.25, 0.3) is 0 Å². The van der Waals surface area contributed by atoms with Crippen LogP contribution in [0.25, 0.3) is 0 Å². The maximum absolute atomic E-state index is 11.6. The van der Waals surface area contributed by atoms with Crippen LogP contribution in [0.5, 0.6) is 0 Å². The summed E-state index contributed by atoms with van der Waals surface area (Å²) in [4.78, 5) is 11.6. The zero-order chi connectivity index (χ0) is 11.3. The number of anilines is 1. The molecule has 1 amide bonds. The molecule has 0 saturated carbocycles.